The first kappa shape index (κ1) is 16.8. The van der Waals surface area contributed by atoms with Gasteiger partial charge in [0.25, 0.3) is 11.4 Å². The largest absolute Gasteiger partial charge is 0.326 e. The first-order chi connectivity index (χ1) is 11.4. The normalized spacial score (nSPS) is 10.5. The van der Waals surface area contributed by atoms with Crippen LogP contribution in [0.15, 0.2) is 42.5 Å². The predicted molar refractivity (Wildman–Crippen MR) is 89.4 cm³/mol. The van der Waals surface area contributed by atoms with Gasteiger partial charge in [-0.2, -0.15) is 0 Å². The molecular weight excluding hydrogens is 314 g/mol. The molecule has 0 bridgehead atoms. The zero-order chi connectivity index (χ0) is 17.7. The highest BCUT2D eigenvalue weighted by Crippen LogP contribution is 2.26. The van der Waals surface area contributed by atoms with Crippen LogP contribution in [0.3, 0.4) is 0 Å². The molecule has 0 aromatic heterocycles. The van der Waals surface area contributed by atoms with Gasteiger partial charge in [0.2, 0.25) is 5.91 Å². The van der Waals surface area contributed by atoms with Gasteiger partial charge in [-0.05, 0) is 29.8 Å². The second-order valence-electron chi connectivity index (χ2n) is 4.89. The van der Waals surface area contributed by atoms with Crippen LogP contribution in [0.5, 0.6) is 0 Å². The Labute approximate surface area is 136 Å². The third kappa shape index (κ3) is 4.23. The molecule has 8 heteroatoms. The number of anilines is 1. The molecule has 1 N–H and O–H groups in total. The summed E-state index contributed by atoms with van der Waals surface area (Å²) in [5.74, 6) is -0.181. The molecule has 0 spiro atoms. The van der Waals surface area contributed by atoms with Gasteiger partial charge >= 0.3 is 0 Å². The van der Waals surface area contributed by atoms with Crippen LogP contribution in [0.4, 0.5) is 17.1 Å². The van der Waals surface area contributed by atoms with Crippen molar-refractivity contribution in [2.75, 3.05) is 5.32 Å². The molecule has 24 heavy (non-hydrogen) atoms. The van der Waals surface area contributed by atoms with Gasteiger partial charge in [-0.25, -0.2) is 0 Å². The minimum atomic E-state index is -0.679. The summed E-state index contributed by atoms with van der Waals surface area (Å²) in [5, 5.41) is 24.4. The fraction of sp³-hybridized carbons (Fsp3) is 0.0625. The van der Waals surface area contributed by atoms with Crippen molar-refractivity contribution in [3.8, 4) is 0 Å². The highest BCUT2D eigenvalue weighted by atomic mass is 16.6. The number of nitrogens with one attached hydrogen (secondary N) is 1. The quantitative estimate of drug-likeness (QED) is 0.511. The minimum absolute atomic E-state index is 0.181. The molecule has 0 saturated heterocycles. The molecule has 0 saturated carbocycles. The van der Waals surface area contributed by atoms with Gasteiger partial charge in [-0.3, -0.25) is 25.0 Å². The zero-order valence-electron chi connectivity index (χ0n) is 12.6. The fourth-order valence-electron chi connectivity index (χ4n) is 2.01. The van der Waals surface area contributed by atoms with E-state index in [1.165, 1.54) is 25.1 Å². The van der Waals surface area contributed by atoms with Crippen molar-refractivity contribution in [3.63, 3.8) is 0 Å². The van der Waals surface area contributed by atoms with E-state index in [0.717, 1.165) is 11.6 Å². The summed E-state index contributed by atoms with van der Waals surface area (Å²) in [7, 11) is 0. The van der Waals surface area contributed by atoms with Crippen LogP contribution >= 0.6 is 0 Å². The van der Waals surface area contributed by atoms with Gasteiger partial charge in [-0.15, -0.1) is 0 Å². The van der Waals surface area contributed by atoms with E-state index in [1.807, 2.05) is 0 Å². The van der Waals surface area contributed by atoms with Gasteiger partial charge in [0.15, 0.2) is 0 Å². The Morgan fingerprint density at radius 1 is 1.00 bits per heavy atom. The maximum atomic E-state index is 11.1. The Balaban J connectivity index is 2.26. The lowest BCUT2D eigenvalue weighted by Crippen LogP contribution is -2.05. The summed E-state index contributed by atoms with van der Waals surface area (Å²) in [5.41, 5.74) is 0.989. The summed E-state index contributed by atoms with van der Waals surface area (Å²) in [6, 6.07) is 10.3. The van der Waals surface area contributed by atoms with E-state index in [1.54, 1.807) is 30.3 Å². The van der Waals surface area contributed by atoms with E-state index in [0.29, 0.717) is 5.69 Å². The first-order valence-corrected chi connectivity index (χ1v) is 6.85. The van der Waals surface area contributed by atoms with Crippen LogP contribution in [0.2, 0.25) is 0 Å². The molecule has 0 aliphatic rings. The summed E-state index contributed by atoms with van der Waals surface area (Å²) < 4.78 is 0. The number of nitro groups is 2. The Morgan fingerprint density at radius 3 is 2.21 bits per heavy atom. The molecule has 0 fully saturated rings. The van der Waals surface area contributed by atoms with Crippen LogP contribution < -0.4 is 5.32 Å². The van der Waals surface area contributed by atoms with Gasteiger partial charge in [-0.1, -0.05) is 18.2 Å². The summed E-state index contributed by atoms with van der Waals surface area (Å²) >= 11 is 0. The molecule has 2 aromatic rings. The molecule has 1 amide bonds. The van der Waals surface area contributed by atoms with Crippen molar-refractivity contribution < 1.29 is 14.6 Å². The van der Waals surface area contributed by atoms with Crippen molar-refractivity contribution in [1.29, 1.82) is 0 Å². The minimum Gasteiger partial charge on any atom is -0.326 e. The topological polar surface area (TPSA) is 115 Å². The smallest absolute Gasteiger partial charge is 0.283 e. The Hall–Kier alpha value is -3.55. The average Bonchev–Trinajstić information content (AvgIpc) is 2.53. The van der Waals surface area contributed by atoms with Gasteiger partial charge in [0.05, 0.1) is 21.5 Å². The molecule has 0 atom stereocenters. The molecule has 0 aliphatic carbocycles. The van der Waals surface area contributed by atoms with Crippen molar-refractivity contribution in [3.05, 3.63) is 73.8 Å². The molecule has 8 nitrogen and oxygen atoms in total. The maximum absolute atomic E-state index is 11.1. The highest BCUT2D eigenvalue weighted by Gasteiger charge is 2.17. The monoisotopic (exact) mass is 327 g/mol. The molecule has 2 rings (SSSR count). The molecule has 0 radical (unpaired) electrons. The zero-order valence-corrected chi connectivity index (χ0v) is 12.6. The number of hydrogen-bond acceptors (Lipinski definition) is 5. The number of carbonyl (C=O) groups is 1. The third-order valence-corrected chi connectivity index (χ3v) is 3.11. The van der Waals surface area contributed by atoms with Crippen molar-refractivity contribution in [2.24, 2.45) is 0 Å². The molecule has 0 unspecified atom stereocenters. The van der Waals surface area contributed by atoms with Crippen LogP contribution in [0.25, 0.3) is 12.2 Å². The molecular formula is C16H13N3O5. The number of nitrogens with zero attached hydrogens (tertiary/aromatic N) is 2. The van der Waals surface area contributed by atoms with Crippen LogP contribution in [-0.4, -0.2) is 15.8 Å². The lowest BCUT2D eigenvalue weighted by Gasteiger charge is -2.02. The summed E-state index contributed by atoms with van der Waals surface area (Å²) in [6.07, 6.45) is 3.15. The maximum Gasteiger partial charge on any atom is 0.283 e. The first-order valence-electron chi connectivity index (χ1n) is 6.85. The number of nitro benzene ring substituents is 2. The van der Waals surface area contributed by atoms with Gasteiger partial charge in [0.1, 0.15) is 0 Å². The Bertz CT molecular complexity index is 828. The average molecular weight is 327 g/mol. The number of rotatable bonds is 5. The van der Waals surface area contributed by atoms with Crippen LogP contribution in [0.1, 0.15) is 18.1 Å². The lowest BCUT2D eigenvalue weighted by atomic mass is 10.1. The van der Waals surface area contributed by atoms with Crippen molar-refractivity contribution in [2.45, 2.75) is 6.92 Å². The Kier molecular flexibility index (Phi) is 5.00. The van der Waals surface area contributed by atoms with Crippen LogP contribution in [0, 0.1) is 20.2 Å². The standard InChI is InChI=1S/C16H13N3O5/c1-11(20)17-14-7-3-12(4-8-14)2-5-13-6-9-15(18(21)22)10-16(13)19(23)24/h2-10H,1H3,(H,17,20)/b5-2+. The van der Waals surface area contributed by atoms with E-state index in [9.17, 15) is 25.0 Å². The summed E-state index contributed by atoms with van der Waals surface area (Å²) in [4.78, 5) is 31.4. The number of hydrogen-bond donors (Lipinski definition) is 1. The van der Waals surface area contributed by atoms with E-state index >= 15 is 0 Å². The highest BCUT2D eigenvalue weighted by molar-refractivity contribution is 5.88. The number of benzene rings is 2. The van der Waals surface area contributed by atoms with Crippen molar-refractivity contribution in [1.82, 2.24) is 0 Å². The molecule has 2 aromatic carbocycles. The molecule has 0 heterocycles. The number of carbonyl (C=O) groups excluding carboxylic acids is 1. The SMILES string of the molecule is CC(=O)Nc1ccc(/C=C/c2ccc([N+](=O)[O-])cc2[N+](=O)[O-])cc1. The van der Waals surface area contributed by atoms with Crippen molar-refractivity contribution >= 4 is 35.1 Å². The number of non-ortho nitro benzene ring substituents is 1. The fourth-order valence-corrected chi connectivity index (χ4v) is 2.01. The molecule has 0 aliphatic heterocycles. The molecule has 122 valence electrons. The summed E-state index contributed by atoms with van der Waals surface area (Å²) in [6.45, 7) is 1.40. The van der Waals surface area contributed by atoms with E-state index in [-0.39, 0.29) is 22.8 Å². The second kappa shape index (κ2) is 7.14. The predicted octanol–water partition coefficient (Wildman–Crippen LogP) is 3.63. The van der Waals surface area contributed by atoms with Gasteiger partial charge in [0, 0.05) is 18.7 Å². The van der Waals surface area contributed by atoms with E-state index in [2.05, 4.69) is 5.32 Å². The second-order valence-corrected chi connectivity index (χ2v) is 4.89. The van der Waals surface area contributed by atoms with E-state index < -0.39 is 9.85 Å². The third-order valence-electron chi connectivity index (χ3n) is 3.11. The van der Waals surface area contributed by atoms with Gasteiger partial charge < -0.3 is 5.32 Å². The van der Waals surface area contributed by atoms with Crippen LogP contribution in [-0.2, 0) is 4.79 Å². The van der Waals surface area contributed by atoms with E-state index in [4.69, 9.17) is 0 Å². The Morgan fingerprint density at radius 2 is 1.67 bits per heavy atom. The lowest BCUT2D eigenvalue weighted by molar-refractivity contribution is -0.394. The number of amides is 1.